The van der Waals surface area contributed by atoms with Crippen molar-refractivity contribution >= 4 is 0 Å². The van der Waals surface area contributed by atoms with Gasteiger partial charge in [-0.15, -0.1) is 0 Å². The summed E-state index contributed by atoms with van der Waals surface area (Å²) in [6.45, 7) is 7.34. The third-order valence-electron chi connectivity index (χ3n) is 3.04. The first-order valence-electron chi connectivity index (χ1n) is 7.77. The molecule has 0 rings (SSSR count). The zero-order chi connectivity index (χ0) is 13.5. The molecule has 0 fully saturated rings. The monoisotopic (exact) mass is 259 g/mol. The molecule has 0 amide bonds. The summed E-state index contributed by atoms with van der Waals surface area (Å²) in [5.41, 5.74) is 0. The van der Waals surface area contributed by atoms with Crippen LogP contribution in [0.5, 0.6) is 0 Å². The molecule has 0 aliphatic carbocycles. The summed E-state index contributed by atoms with van der Waals surface area (Å²) in [4.78, 5) is 0. The average Bonchev–Trinajstić information content (AvgIpc) is 2.38. The number of aliphatic hydroxyl groups is 1. The zero-order valence-electron chi connectivity index (χ0n) is 12.4. The summed E-state index contributed by atoms with van der Waals surface area (Å²) < 4.78 is 5.45. The van der Waals surface area contributed by atoms with Gasteiger partial charge in [-0.05, 0) is 19.4 Å². The van der Waals surface area contributed by atoms with Crippen molar-refractivity contribution in [3.05, 3.63) is 0 Å². The number of hydrogen-bond donors (Lipinski definition) is 2. The Hall–Kier alpha value is -0.120. The minimum absolute atomic E-state index is 0.359. The van der Waals surface area contributed by atoms with Crippen molar-refractivity contribution in [1.82, 2.24) is 5.32 Å². The number of unbranched alkanes of at least 4 members (excludes halogenated alkanes) is 6. The van der Waals surface area contributed by atoms with Gasteiger partial charge in [0.25, 0.3) is 0 Å². The van der Waals surface area contributed by atoms with E-state index in [1.807, 2.05) is 0 Å². The highest BCUT2D eigenvalue weighted by Crippen LogP contribution is 1.99. The minimum Gasteiger partial charge on any atom is -0.389 e. The van der Waals surface area contributed by atoms with E-state index < -0.39 is 0 Å². The molecule has 1 atom stereocenters. The van der Waals surface area contributed by atoms with Crippen molar-refractivity contribution in [3.8, 4) is 0 Å². The normalized spacial score (nSPS) is 12.8. The lowest BCUT2D eigenvalue weighted by Gasteiger charge is -2.12. The van der Waals surface area contributed by atoms with Gasteiger partial charge in [0.1, 0.15) is 0 Å². The van der Waals surface area contributed by atoms with Crippen LogP contribution in [0.15, 0.2) is 0 Å². The van der Waals surface area contributed by atoms with Crippen LogP contribution in [0.25, 0.3) is 0 Å². The largest absolute Gasteiger partial charge is 0.389 e. The summed E-state index contributed by atoms with van der Waals surface area (Å²) >= 11 is 0. The first kappa shape index (κ1) is 17.9. The Balaban J connectivity index is 3.10. The fourth-order valence-corrected chi connectivity index (χ4v) is 1.85. The smallest absolute Gasteiger partial charge is 0.0897 e. The fraction of sp³-hybridized carbons (Fsp3) is 1.00. The molecule has 110 valence electrons. The third kappa shape index (κ3) is 13.9. The van der Waals surface area contributed by atoms with E-state index in [2.05, 4.69) is 19.2 Å². The van der Waals surface area contributed by atoms with Crippen molar-refractivity contribution in [2.45, 2.75) is 71.3 Å². The van der Waals surface area contributed by atoms with Crippen LogP contribution in [0.2, 0.25) is 0 Å². The van der Waals surface area contributed by atoms with Crippen LogP contribution in [0.4, 0.5) is 0 Å². The maximum absolute atomic E-state index is 9.67. The highest BCUT2D eigenvalue weighted by Gasteiger charge is 2.02. The molecule has 0 bridgehead atoms. The Labute approximate surface area is 113 Å². The van der Waals surface area contributed by atoms with Crippen molar-refractivity contribution in [2.75, 3.05) is 26.3 Å². The Morgan fingerprint density at radius 1 is 0.944 bits per heavy atom. The summed E-state index contributed by atoms with van der Waals surface area (Å²) in [7, 11) is 0. The van der Waals surface area contributed by atoms with E-state index >= 15 is 0 Å². The van der Waals surface area contributed by atoms with Gasteiger partial charge in [-0.25, -0.2) is 0 Å². The van der Waals surface area contributed by atoms with E-state index in [1.165, 1.54) is 44.9 Å². The number of nitrogens with one attached hydrogen (secondary N) is 1. The number of hydrogen-bond acceptors (Lipinski definition) is 3. The van der Waals surface area contributed by atoms with E-state index in [-0.39, 0.29) is 6.10 Å². The van der Waals surface area contributed by atoms with Gasteiger partial charge in [-0.3, -0.25) is 0 Å². The van der Waals surface area contributed by atoms with Crippen molar-refractivity contribution in [1.29, 1.82) is 0 Å². The lowest BCUT2D eigenvalue weighted by molar-refractivity contribution is 0.0355. The molecule has 0 aromatic heterocycles. The van der Waals surface area contributed by atoms with Crippen molar-refractivity contribution < 1.29 is 9.84 Å². The standard InChI is InChI=1S/C15H33NO2/c1-3-5-7-9-11-16-13-15(17)14-18-12-10-8-6-4-2/h15-17H,3-14H2,1-2H3/t15-/m0/s1. The predicted molar refractivity (Wildman–Crippen MR) is 78.0 cm³/mol. The highest BCUT2D eigenvalue weighted by molar-refractivity contribution is 4.58. The first-order valence-corrected chi connectivity index (χ1v) is 7.77. The Morgan fingerprint density at radius 3 is 2.28 bits per heavy atom. The Bertz CT molecular complexity index is 137. The number of rotatable bonds is 14. The molecule has 0 heterocycles. The molecule has 0 aromatic carbocycles. The topological polar surface area (TPSA) is 41.5 Å². The van der Waals surface area contributed by atoms with Crippen LogP contribution in [-0.4, -0.2) is 37.5 Å². The fourth-order valence-electron chi connectivity index (χ4n) is 1.85. The van der Waals surface area contributed by atoms with Crippen LogP contribution in [-0.2, 0) is 4.74 Å². The van der Waals surface area contributed by atoms with Crippen LogP contribution in [0, 0.1) is 0 Å². The van der Waals surface area contributed by atoms with Gasteiger partial charge in [-0.2, -0.15) is 0 Å². The minimum atomic E-state index is -0.359. The molecule has 18 heavy (non-hydrogen) atoms. The molecule has 0 saturated heterocycles. The molecular weight excluding hydrogens is 226 g/mol. The number of aliphatic hydroxyl groups excluding tert-OH is 1. The molecule has 3 heteroatoms. The maximum atomic E-state index is 9.67. The quantitative estimate of drug-likeness (QED) is 0.471. The van der Waals surface area contributed by atoms with Crippen LogP contribution < -0.4 is 5.32 Å². The molecular formula is C15H33NO2. The Morgan fingerprint density at radius 2 is 1.61 bits per heavy atom. The van der Waals surface area contributed by atoms with Gasteiger partial charge in [0.2, 0.25) is 0 Å². The Kier molecular flexibility index (Phi) is 14.8. The second-order valence-corrected chi connectivity index (χ2v) is 5.05. The van der Waals surface area contributed by atoms with E-state index in [1.54, 1.807) is 0 Å². The van der Waals surface area contributed by atoms with E-state index in [4.69, 9.17) is 4.74 Å². The molecule has 2 N–H and O–H groups in total. The van der Waals surface area contributed by atoms with Gasteiger partial charge in [0, 0.05) is 13.2 Å². The second-order valence-electron chi connectivity index (χ2n) is 5.05. The molecule has 0 saturated carbocycles. The summed E-state index contributed by atoms with van der Waals surface area (Å²) in [6, 6.07) is 0. The van der Waals surface area contributed by atoms with Gasteiger partial charge in [0.05, 0.1) is 12.7 Å². The first-order chi connectivity index (χ1) is 8.81. The summed E-state index contributed by atoms with van der Waals surface area (Å²) in [5.74, 6) is 0. The predicted octanol–water partition coefficient (Wildman–Crippen LogP) is 3.11. The van der Waals surface area contributed by atoms with Gasteiger partial charge >= 0.3 is 0 Å². The van der Waals surface area contributed by atoms with Crippen LogP contribution in [0.1, 0.15) is 65.2 Å². The zero-order valence-corrected chi connectivity index (χ0v) is 12.4. The molecule has 0 aromatic rings. The number of ether oxygens (including phenoxy) is 1. The van der Waals surface area contributed by atoms with E-state index in [0.717, 1.165) is 19.6 Å². The van der Waals surface area contributed by atoms with E-state index in [9.17, 15) is 5.11 Å². The summed E-state index contributed by atoms with van der Waals surface area (Å²) in [5, 5.41) is 12.9. The third-order valence-corrected chi connectivity index (χ3v) is 3.04. The van der Waals surface area contributed by atoms with Crippen molar-refractivity contribution in [2.24, 2.45) is 0 Å². The molecule has 0 aliphatic rings. The molecule has 0 spiro atoms. The maximum Gasteiger partial charge on any atom is 0.0897 e. The van der Waals surface area contributed by atoms with Crippen molar-refractivity contribution in [3.63, 3.8) is 0 Å². The highest BCUT2D eigenvalue weighted by atomic mass is 16.5. The van der Waals surface area contributed by atoms with Crippen LogP contribution in [0.3, 0.4) is 0 Å². The lowest BCUT2D eigenvalue weighted by Crippen LogP contribution is -2.31. The molecule has 0 radical (unpaired) electrons. The SMILES string of the molecule is CCCCCCNC[C@H](O)COCCCCCC. The van der Waals surface area contributed by atoms with Crippen LogP contribution >= 0.6 is 0 Å². The molecule has 0 unspecified atom stereocenters. The average molecular weight is 259 g/mol. The van der Waals surface area contributed by atoms with Gasteiger partial charge in [-0.1, -0.05) is 52.4 Å². The van der Waals surface area contributed by atoms with E-state index in [0.29, 0.717) is 13.2 Å². The summed E-state index contributed by atoms with van der Waals surface area (Å²) in [6.07, 6.45) is 9.61. The lowest BCUT2D eigenvalue weighted by atomic mass is 10.2. The molecule has 0 aliphatic heterocycles. The second kappa shape index (κ2) is 14.9. The molecule has 3 nitrogen and oxygen atoms in total. The van der Waals surface area contributed by atoms with Gasteiger partial charge in [0.15, 0.2) is 0 Å². The van der Waals surface area contributed by atoms with Gasteiger partial charge < -0.3 is 15.2 Å².